The van der Waals surface area contributed by atoms with Crippen molar-refractivity contribution in [1.29, 1.82) is 0 Å². The summed E-state index contributed by atoms with van der Waals surface area (Å²) in [6, 6.07) is 11.1. The Labute approximate surface area is 222 Å². The van der Waals surface area contributed by atoms with Crippen LogP contribution < -0.4 is 10.2 Å². The maximum Gasteiger partial charge on any atom is 0.306 e. The summed E-state index contributed by atoms with van der Waals surface area (Å²) in [6.07, 6.45) is -0.282. The van der Waals surface area contributed by atoms with E-state index in [9.17, 15) is 35.1 Å². The Balaban J connectivity index is 1.97. The average Bonchev–Trinajstić information content (AvgIpc) is 2.90. The first kappa shape index (κ1) is 26.9. The standard InChI is InChI=1S/C29H26O10/c1-14(2)13-38-17-7-4-15(5-8-17)18(11-23(34)37-3)24-21(32)12-22(33)25-26(35)27(36)28(39-29(24)25)16-6-9-19(30)20(31)10-16/h4-10,12,18,30-33,36H,1,11,13H2,2-3H3/t18-/m1/s1. The number of hydrogen-bond acceptors (Lipinski definition) is 10. The van der Waals surface area contributed by atoms with Gasteiger partial charge < -0.3 is 39.4 Å². The summed E-state index contributed by atoms with van der Waals surface area (Å²) in [5.41, 5.74) is 0.0284. The minimum Gasteiger partial charge on any atom is -0.507 e. The van der Waals surface area contributed by atoms with Gasteiger partial charge in [-0.2, -0.15) is 0 Å². The number of phenols is 4. The lowest BCUT2D eigenvalue weighted by molar-refractivity contribution is -0.140. The van der Waals surface area contributed by atoms with Crippen LogP contribution in [-0.2, 0) is 9.53 Å². The molecule has 5 N–H and O–H groups in total. The second kappa shape index (κ2) is 10.7. The van der Waals surface area contributed by atoms with Crippen LogP contribution in [0.15, 0.2) is 69.9 Å². The number of hydrogen-bond donors (Lipinski definition) is 5. The van der Waals surface area contributed by atoms with Crippen LogP contribution in [0.2, 0.25) is 0 Å². The van der Waals surface area contributed by atoms with Crippen LogP contribution in [0, 0.1) is 0 Å². The van der Waals surface area contributed by atoms with Crippen LogP contribution in [0.4, 0.5) is 0 Å². The van der Waals surface area contributed by atoms with E-state index in [0.29, 0.717) is 17.9 Å². The summed E-state index contributed by atoms with van der Waals surface area (Å²) >= 11 is 0. The lowest BCUT2D eigenvalue weighted by atomic mass is 9.86. The third kappa shape index (κ3) is 5.30. The zero-order valence-electron chi connectivity index (χ0n) is 21.1. The Morgan fingerprint density at radius 1 is 0.949 bits per heavy atom. The van der Waals surface area contributed by atoms with E-state index in [2.05, 4.69) is 6.58 Å². The molecule has 0 radical (unpaired) electrons. The van der Waals surface area contributed by atoms with Gasteiger partial charge in [-0.1, -0.05) is 18.7 Å². The van der Waals surface area contributed by atoms with Crippen molar-refractivity contribution in [1.82, 2.24) is 0 Å². The second-order valence-electron chi connectivity index (χ2n) is 8.99. The number of aromatic hydroxyl groups is 5. The quantitative estimate of drug-likeness (QED) is 0.122. The predicted octanol–water partition coefficient (Wildman–Crippen LogP) is 4.64. The molecule has 0 saturated heterocycles. The SMILES string of the molecule is C=C(C)COc1ccc([C@@H](CC(=O)OC)c2c(O)cc(O)c3c(=O)c(O)c(-c4ccc(O)c(O)c4)oc23)cc1. The van der Waals surface area contributed by atoms with E-state index >= 15 is 0 Å². The first-order valence-electron chi connectivity index (χ1n) is 11.7. The summed E-state index contributed by atoms with van der Waals surface area (Å²) in [4.78, 5) is 25.6. The summed E-state index contributed by atoms with van der Waals surface area (Å²) in [5, 5.41) is 51.3. The van der Waals surface area contributed by atoms with Gasteiger partial charge >= 0.3 is 5.97 Å². The van der Waals surface area contributed by atoms with Crippen LogP contribution in [0.25, 0.3) is 22.3 Å². The summed E-state index contributed by atoms with van der Waals surface area (Å²) in [7, 11) is 1.20. The molecule has 1 atom stereocenters. The van der Waals surface area contributed by atoms with E-state index in [4.69, 9.17) is 13.9 Å². The number of ether oxygens (including phenoxy) is 2. The molecule has 0 bridgehead atoms. The Bertz CT molecular complexity index is 1630. The minimum atomic E-state index is -1.02. The molecule has 39 heavy (non-hydrogen) atoms. The van der Waals surface area contributed by atoms with Gasteiger partial charge in [0.1, 0.15) is 34.8 Å². The van der Waals surface area contributed by atoms with Crippen molar-refractivity contribution in [3.63, 3.8) is 0 Å². The fraction of sp³-hybridized carbons (Fsp3) is 0.172. The Morgan fingerprint density at radius 2 is 1.64 bits per heavy atom. The number of carbonyl (C=O) groups is 1. The maximum absolute atomic E-state index is 13.2. The largest absolute Gasteiger partial charge is 0.507 e. The number of rotatable bonds is 8. The monoisotopic (exact) mass is 534 g/mol. The molecule has 202 valence electrons. The Hall–Kier alpha value is -5.12. The zero-order chi connectivity index (χ0) is 28.4. The molecule has 0 aliphatic heterocycles. The van der Waals surface area contributed by atoms with Crippen LogP contribution in [0.1, 0.15) is 30.4 Å². The third-order valence-electron chi connectivity index (χ3n) is 6.09. The molecule has 0 amide bonds. The topological polar surface area (TPSA) is 167 Å². The molecule has 1 aromatic heterocycles. The first-order chi connectivity index (χ1) is 18.5. The van der Waals surface area contributed by atoms with Crippen molar-refractivity contribution in [2.24, 2.45) is 0 Å². The molecular formula is C29H26O10. The smallest absolute Gasteiger partial charge is 0.306 e. The van der Waals surface area contributed by atoms with Crippen molar-refractivity contribution in [3.8, 4) is 45.8 Å². The van der Waals surface area contributed by atoms with Gasteiger partial charge in [0.2, 0.25) is 11.2 Å². The minimum absolute atomic E-state index is 0.0230. The number of methoxy groups -OCH3 is 1. The molecule has 0 aliphatic carbocycles. The van der Waals surface area contributed by atoms with Crippen molar-refractivity contribution in [2.45, 2.75) is 19.3 Å². The molecular weight excluding hydrogens is 508 g/mol. The highest BCUT2D eigenvalue weighted by molar-refractivity contribution is 5.92. The summed E-state index contributed by atoms with van der Waals surface area (Å²) in [6.45, 7) is 5.91. The van der Waals surface area contributed by atoms with Crippen molar-refractivity contribution >= 4 is 16.9 Å². The van der Waals surface area contributed by atoms with Gasteiger partial charge in [-0.15, -0.1) is 0 Å². The number of phenolic OH excluding ortho intramolecular Hbond substituents is 4. The lowest BCUT2D eigenvalue weighted by Gasteiger charge is -2.21. The third-order valence-corrected chi connectivity index (χ3v) is 6.09. The molecule has 0 unspecified atom stereocenters. The molecule has 0 fully saturated rings. The molecule has 0 spiro atoms. The zero-order valence-corrected chi connectivity index (χ0v) is 21.1. The Kier molecular flexibility index (Phi) is 7.39. The van der Waals surface area contributed by atoms with Crippen molar-refractivity contribution in [2.75, 3.05) is 13.7 Å². The van der Waals surface area contributed by atoms with Gasteiger partial charge in [-0.3, -0.25) is 9.59 Å². The van der Waals surface area contributed by atoms with Gasteiger partial charge in [0, 0.05) is 23.1 Å². The normalized spacial score (nSPS) is 11.7. The molecule has 0 aliphatic rings. The highest BCUT2D eigenvalue weighted by Crippen LogP contribution is 2.45. The van der Waals surface area contributed by atoms with E-state index < -0.39 is 57.2 Å². The second-order valence-corrected chi connectivity index (χ2v) is 8.99. The van der Waals surface area contributed by atoms with E-state index in [1.807, 2.05) is 6.92 Å². The van der Waals surface area contributed by atoms with Crippen molar-refractivity contribution < 1.29 is 44.2 Å². The summed E-state index contributed by atoms with van der Waals surface area (Å²) < 4.78 is 16.4. The maximum atomic E-state index is 13.2. The predicted molar refractivity (Wildman–Crippen MR) is 141 cm³/mol. The van der Waals surface area contributed by atoms with E-state index in [1.165, 1.54) is 13.2 Å². The van der Waals surface area contributed by atoms with Crippen LogP contribution in [0.3, 0.4) is 0 Å². The molecule has 1 heterocycles. The van der Waals surface area contributed by atoms with Gasteiger partial charge in [0.15, 0.2) is 17.3 Å². The first-order valence-corrected chi connectivity index (χ1v) is 11.7. The van der Waals surface area contributed by atoms with Gasteiger partial charge in [0.25, 0.3) is 0 Å². The van der Waals surface area contributed by atoms with Crippen LogP contribution in [0.5, 0.6) is 34.5 Å². The number of carbonyl (C=O) groups excluding carboxylic acids is 1. The highest BCUT2D eigenvalue weighted by Gasteiger charge is 2.30. The molecule has 4 rings (SSSR count). The highest BCUT2D eigenvalue weighted by atomic mass is 16.5. The van der Waals surface area contributed by atoms with Crippen molar-refractivity contribution in [3.05, 3.63) is 82.0 Å². The van der Waals surface area contributed by atoms with E-state index in [-0.39, 0.29) is 23.1 Å². The van der Waals surface area contributed by atoms with Gasteiger partial charge in [-0.25, -0.2) is 0 Å². The Morgan fingerprint density at radius 3 is 2.26 bits per heavy atom. The molecule has 3 aromatic carbocycles. The molecule has 4 aromatic rings. The van der Waals surface area contributed by atoms with Gasteiger partial charge in [0.05, 0.1) is 13.5 Å². The fourth-order valence-corrected chi connectivity index (χ4v) is 4.18. The van der Waals surface area contributed by atoms with Gasteiger partial charge in [-0.05, 0) is 48.4 Å². The van der Waals surface area contributed by atoms with E-state index in [0.717, 1.165) is 23.8 Å². The molecule has 10 heteroatoms. The lowest BCUT2D eigenvalue weighted by Crippen LogP contribution is -2.12. The number of fused-ring (bicyclic) bond motifs is 1. The van der Waals surface area contributed by atoms with Crippen LogP contribution in [-0.4, -0.2) is 45.2 Å². The number of esters is 1. The molecule has 0 saturated carbocycles. The molecule has 10 nitrogen and oxygen atoms in total. The fourth-order valence-electron chi connectivity index (χ4n) is 4.18. The number of benzene rings is 3. The summed E-state index contributed by atoms with van der Waals surface area (Å²) in [5.74, 6) is -4.41. The average molecular weight is 535 g/mol. The van der Waals surface area contributed by atoms with E-state index in [1.54, 1.807) is 24.3 Å². The van der Waals surface area contributed by atoms with Crippen LogP contribution >= 0.6 is 0 Å².